The fraction of sp³-hybridized carbons (Fsp3) is 0.500. The van der Waals surface area contributed by atoms with Crippen LogP contribution in [0.3, 0.4) is 0 Å². The molecule has 2 rings (SSSR count). The second kappa shape index (κ2) is 3.49. The summed E-state index contributed by atoms with van der Waals surface area (Å²) in [6, 6.07) is 0. The fourth-order valence-corrected chi connectivity index (χ4v) is 1.56. The van der Waals surface area contributed by atoms with Gasteiger partial charge < -0.3 is 11.1 Å². The minimum absolute atomic E-state index is 0.00435. The van der Waals surface area contributed by atoms with Crippen LogP contribution in [0.4, 0.5) is 11.6 Å². The highest BCUT2D eigenvalue weighted by atomic mass is 16.1. The molecule has 0 aliphatic carbocycles. The number of rotatable bonds is 1. The normalized spacial score (nSPS) is 15.0. The molecular weight excluding hydrogens is 192 g/mol. The number of nitrogens with two attached hydrogens (primary N) is 1. The van der Waals surface area contributed by atoms with Crippen molar-refractivity contribution in [3.63, 3.8) is 0 Å². The number of hydrogen-bond donors (Lipinski definition) is 2. The summed E-state index contributed by atoms with van der Waals surface area (Å²) in [6.45, 7) is 3.98. The van der Waals surface area contributed by atoms with E-state index in [1.807, 2.05) is 13.8 Å². The molecule has 2 heterocycles. The van der Waals surface area contributed by atoms with Gasteiger partial charge in [-0.25, -0.2) is 9.97 Å². The fourth-order valence-electron chi connectivity index (χ4n) is 1.56. The quantitative estimate of drug-likeness (QED) is 0.720. The molecule has 80 valence electrons. The first-order valence-electron chi connectivity index (χ1n) is 5.04. The summed E-state index contributed by atoms with van der Waals surface area (Å²) < 4.78 is 0. The Balaban J connectivity index is 2.48. The van der Waals surface area contributed by atoms with Crippen LogP contribution < -0.4 is 11.1 Å². The maximum Gasteiger partial charge on any atom is 0.225 e. The van der Waals surface area contributed by atoms with Crippen LogP contribution in [0.5, 0.6) is 0 Å². The van der Waals surface area contributed by atoms with Crippen molar-refractivity contribution < 1.29 is 4.79 Å². The van der Waals surface area contributed by atoms with Crippen molar-refractivity contribution in [3.8, 4) is 0 Å². The van der Waals surface area contributed by atoms with Crippen molar-refractivity contribution in [1.82, 2.24) is 9.97 Å². The van der Waals surface area contributed by atoms with E-state index >= 15 is 0 Å². The highest BCUT2D eigenvalue weighted by Gasteiger charge is 2.20. The number of nitrogen functional groups attached to an aromatic ring is 1. The number of carbonyl (C=O) groups is 1. The zero-order chi connectivity index (χ0) is 11.0. The predicted octanol–water partition coefficient (Wildman–Crippen LogP) is 1.07. The molecule has 0 fully saturated rings. The van der Waals surface area contributed by atoms with Crippen LogP contribution in [0.1, 0.15) is 37.6 Å². The van der Waals surface area contributed by atoms with Crippen molar-refractivity contribution in [2.45, 2.75) is 32.6 Å². The Morgan fingerprint density at radius 3 is 2.73 bits per heavy atom. The molecule has 1 amide bonds. The maximum absolute atomic E-state index is 11.2. The molecule has 0 spiro atoms. The zero-order valence-electron chi connectivity index (χ0n) is 8.87. The van der Waals surface area contributed by atoms with Gasteiger partial charge in [-0.3, -0.25) is 4.79 Å². The molecule has 0 radical (unpaired) electrons. The largest absolute Gasteiger partial charge is 0.383 e. The average Bonchev–Trinajstić information content (AvgIpc) is 2.16. The SMILES string of the molecule is CC(C)c1nc(N)c2c(n1)NC(=O)CC2. The van der Waals surface area contributed by atoms with E-state index in [1.54, 1.807) is 0 Å². The van der Waals surface area contributed by atoms with Gasteiger partial charge in [-0.15, -0.1) is 0 Å². The van der Waals surface area contributed by atoms with Gasteiger partial charge >= 0.3 is 0 Å². The van der Waals surface area contributed by atoms with Gasteiger partial charge in [0.15, 0.2) is 0 Å². The first-order valence-corrected chi connectivity index (χ1v) is 5.04. The van der Waals surface area contributed by atoms with E-state index in [2.05, 4.69) is 15.3 Å². The molecule has 0 atom stereocenters. The van der Waals surface area contributed by atoms with Gasteiger partial charge in [0.1, 0.15) is 17.5 Å². The third-order valence-corrected chi connectivity index (χ3v) is 2.43. The summed E-state index contributed by atoms with van der Waals surface area (Å²) in [5, 5.41) is 2.73. The van der Waals surface area contributed by atoms with E-state index in [-0.39, 0.29) is 11.8 Å². The Morgan fingerprint density at radius 1 is 1.33 bits per heavy atom. The summed E-state index contributed by atoms with van der Waals surface area (Å²) in [4.78, 5) is 19.7. The Hall–Kier alpha value is -1.65. The van der Waals surface area contributed by atoms with Crippen molar-refractivity contribution in [1.29, 1.82) is 0 Å². The van der Waals surface area contributed by atoms with E-state index in [9.17, 15) is 4.79 Å². The van der Waals surface area contributed by atoms with Crippen LogP contribution >= 0.6 is 0 Å². The lowest BCUT2D eigenvalue weighted by Gasteiger charge is -2.18. The Kier molecular flexibility index (Phi) is 2.30. The van der Waals surface area contributed by atoms with Gasteiger partial charge in [0.25, 0.3) is 0 Å². The molecule has 1 aromatic rings. The molecule has 3 N–H and O–H groups in total. The standard InChI is InChI=1S/C10H14N4O/c1-5(2)9-13-8(11)6-3-4-7(15)12-10(6)14-9/h5H,3-4H2,1-2H3,(H3,11,12,13,14,15). The van der Waals surface area contributed by atoms with E-state index in [0.29, 0.717) is 30.3 Å². The molecule has 1 aromatic heterocycles. The molecule has 1 aliphatic rings. The number of anilines is 2. The smallest absolute Gasteiger partial charge is 0.225 e. The topological polar surface area (TPSA) is 80.9 Å². The Morgan fingerprint density at radius 2 is 2.07 bits per heavy atom. The molecule has 5 nitrogen and oxygen atoms in total. The van der Waals surface area contributed by atoms with Gasteiger partial charge in [0.05, 0.1) is 0 Å². The van der Waals surface area contributed by atoms with Crippen LogP contribution in [0.25, 0.3) is 0 Å². The third-order valence-electron chi connectivity index (χ3n) is 2.43. The maximum atomic E-state index is 11.2. The van der Waals surface area contributed by atoms with Crippen LogP contribution in [0.2, 0.25) is 0 Å². The number of nitrogens with one attached hydrogen (secondary N) is 1. The number of hydrogen-bond acceptors (Lipinski definition) is 4. The molecule has 0 saturated heterocycles. The molecule has 0 bridgehead atoms. The minimum Gasteiger partial charge on any atom is -0.383 e. The number of amides is 1. The van der Waals surface area contributed by atoms with Crippen molar-refractivity contribution in [3.05, 3.63) is 11.4 Å². The lowest BCUT2D eigenvalue weighted by molar-refractivity contribution is -0.116. The second-order valence-corrected chi connectivity index (χ2v) is 4.00. The average molecular weight is 206 g/mol. The summed E-state index contributed by atoms with van der Waals surface area (Å²) in [7, 11) is 0. The van der Waals surface area contributed by atoms with Crippen LogP contribution in [0, 0.1) is 0 Å². The van der Waals surface area contributed by atoms with Gasteiger partial charge in [-0.1, -0.05) is 13.8 Å². The predicted molar refractivity (Wildman–Crippen MR) is 57.5 cm³/mol. The Labute approximate surface area is 88.1 Å². The molecule has 1 aliphatic heterocycles. The number of carbonyl (C=O) groups excluding carboxylic acids is 1. The van der Waals surface area contributed by atoms with Gasteiger partial charge in [-0.05, 0) is 6.42 Å². The van der Waals surface area contributed by atoms with E-state index in [4.69, 9.17) is 5.73 Å². The van der Waals surface area contributed by atoms with Gasteiger partial charge in [0, 0.05) is 17.9 Å². The molecule has 0 saturated carbocycles. The first kappa shape index (κ1) is 9.89. The van der Waals surface area contributed by atoms with Crippen molar-refractivity contribution in [2.24, 2.45) is 0 Å². The van der Waals surface area contributed by atoms with E-state index in [0.717, 1.165) is 5.56 Å². The minimum atomic E-state index is -0.00435. The van der Waals surface area contributed by atoms with E-state index < -0.39 is 0 Å². The second-order valence-electron chi connectivity index (χ2n) is 4.00. The van der Waals surface area contributed by atoms with E-state index in [1.165, 1.54) is 0 Å². The number of nitrogens with zero attached hydrogens (tertiary/aromatic N) is 2. The van der Waals surface area contributed by atoms with Gasteiger partial charge in [0.2, 0.25) is 5.91 Å². The lowest BCUT2D eigenvalue weighted by Crippen LogP contribution is -2.22. The monoisotopic (exact) mass is 206 g/mol. The van der Waals surface area contributed by atoms with Crippen LogP contribution in [0.15, 0.2) is 0 Å². The van der Waals surface area contributed by atoms with Crippen molar-refractivity contribution in [2.75, 3.05) is 11.1 Å². The molecular formula is C10H14N4O. The number of aromatic nitrogens is 2. The molecule has 0 unspecified atom stereocenters. The molecule has 15 heavy (non-hydrogen) atoms. The molecule has 0 aromatic carbocycles. The number of fused-ring (bicyclic) bond motifs is 1. The summed E-state index contributed by atoms with van der Waals surface area (Å²) in [5.41, 5.74) is 6.68. The van der Waals surface area contributed by atoms with Crippen molar-refractivity contribution >= 4 is 17.5 Å². The lowest BCUT2D eigenvalue weighted by atomic mass is 10.1. The third kappa shape index (κ3) is 1.77. The highest BCUT2D eigenvalue weighted by Crippen LogP contribution is 2.26. The summed E-state index contributed by atoms with van der Waals surface area (Å²) in [6.07, 6.45) is 1.09. The summed E-state index contributed by atoms with van der Waals surface area (Å²) >= 11 is 0. The highest BCUT2D eigenvalue weighted by molar-refractivity contribution is 5.93. The summed E-state index contributed by atoms with van der Waals surface area (Å²) in [5.74, 6) is 1.95. The first-order chi connectivity index (χ1) is 7.08. The zero-order valence-corrected chi connectivity index (χ0v) is 8.87. The molecule has 5 heteroatoms. The van der Waals surface area contributed by atoms with Gasteiger partial charge in [-0.2, -0.15) is 0 Å². The Bertz CT molecular complexity index is 414. The van der Waals surface area contributed by atoms with Crippen LogP contribution in [-0.2, 0) is 11.2 Å². The van der Waals surface area contributed by atoms with Crippen LogP contribution in [-0.4, -0.2) is 15.9 Å².